The first-order chi connectivity index (χ1) is 14.1. The summed E-state index contributed by atoms with van der Waals surface area (Å²) in [5.41, 5.74) is 2.07. The molecule has 0 aliphatic heterocycles. The van der Waals surface area contributed by atoms with Crippen LogP contribution >= 0.6 is 0 Å². The van der Waals surface area contributed by atoms with Crippen molar-refractivity contribution in [2.75, 3.05) is 20.3 Å². The molecule has 0 aliphatic carbocycles. The minimum atomic E-state index is -0.532. The Balaban J connectivity index is 1.49. The molecule has 3 rings (SSSR count). The van der Waals surface area contributed by atoms with Gasteiger partial charge in [-0.3, -0.25) is 4.90 Å². The van der Waals surface area contributed by atoms with Crippen molar-refractivity contribution in [3.8, 4) is 11.5 Å². The standard InChI is InChI=1S/C25H29NO3/c1-20(25(27)22-11-5-3-6-12-22)26(2)19-21-10-9-15-24(18-21)29-17-16-28-23-13-7-4-8-14-23/h3-15,18,20,25,27H,16-17,19H2,1-2H3. The van der Waals surface area contributed by atoms with E-state index in [0.29, 0.717) is 13.2 Å². The molecule has 0 saturated carbocycles. The molecule has 3 aromatic carbocycles. The van der Waals surface area contributed by atoms with Gasteiger partial charge in [0.05, 0.1) is 6.10 Å². The first kappa shape index (κ1) is 20.9. The summed E-state index contributed by atoms with van der Waals surface area (Å²) in [5.74, 6) is 1.67. The van der Waals surface area contributed by atoms with Gasteiger partial charge in [0.25, 0.3) is 0 Å². The number of nitrogens with zero attached hydrogens (tertiary/aromatic N) is 1. The molecule has 4 nitrogen and oxygen atoms in total. The second-order valence-corrected chi connectivity index (χ2v) is 7.17. The van der Waals surface area contributed by atoms with Gasteiger partial charge in [-0.25, -0.2) is 0 Å². The highest BCUT2D eigenvalue weighted by atomic mass is 16.5. The van der Waals surface area contributed by atoms with Gasteiger partial charge in [-0.2, -0.15) is 0 Å². The second kappa shape index (κ2) is 10.6. The number of likely N-dealkylation sites (N-methyl/N-ethyl adjacent to an activating group) is 1. The van der Waals surface area contributed by atoms with Crippen LogP contribution in [-0.4, -0.2) is 36.3 Å². The van der Waals surface area contributed by atoms with E-state index < -0.39 is 6.10 Å². The van der Waals surface area contributed by atoms with Crippen LogP contribution in [0.2, 0.25) is 0 Å². The van der Waals surface area contributed by atoms with Crippen LogP contribution in [0.1, 0.15) is 24.2 Å². The van der Waals surface area contributed by atoms with Gasteiger partial charge in [-0.15, -0.1) is 0 Å². The van der Waals surface area contributed by atoms with Gasteiger partial charge in [0, 0.05) is 12.6 Å². The zero-order chi connectivity index (χ0) is 20.5. The Morgan fingerprint density at radius 2 is 1.38 bits per heavy atom. The number of hydrogen-bond acceptors (Lipinski definition) is 4. The smallest absolute Gasteiger partial charge is 0.122 e. The van der Waals surface area contributed by atoms with E-state index in [1.807, 2.05) is 92.8 Å². The molecule has 2 unspecified atom stereocenters. The van der Waals surface area contributed by atoms with Crippen LogP contribution in [0.25, 0.3) is 0 Å². The van der Waals surface area contributed by atoms with E-state index in [1.54, 1.807) is 0 Å². The lowest BCUT2D eigenvalue weighted by Gasteiger charge is -2.29. The number of hydrogen-bond donors (Lipinski definition) is 1. The summed E-state index contributed by atoms with van der Waals surface area (Å²) in [5, 5.41) is 10.6. The molecule has 152 valence electrons. The third-order valence-electron chi connectivity index (χ3n) is 4.99. The van der Waals surface area contributed by atoms with Gasteiger partial charge in [-0.1, -0.05) is 60.7 Å². The van der Waals surface area contributed by atoms with Crippen LogP contribution in [0.15, 0.2) is 84.9 Å². The normalized spacial score (nSPS) is 13.1. The van der Waals surface area contributed by atoms with Crippen molar-refractivity contribution in [1.82, 2.24) is 4.90 Å². The van der Waals surface area contributed by atoms with E-state index in [2.05, 4.69) is 11.0 Å². The quantitative estimate of drug-likeness (QED) is 0.509. The molecule has 3 aromatic rings. The van der Waals surface area contributed by atoms with Crippen molar-refractivity contribution in [3.05, 3.63) is 96.1 Å². The first-order valence-corrected chi connectivity index (χ1v) is 9.96. The van der Waals surface area contributed by atoms with Crippen LogP contribution in [0.4, 0.5) is 0 Å². The fourth-order valence-corrected chi connectivity index (χ4v) is 3.17. The highest BCUT2D eigenvalue weighted by Crippen LogP contribution is 2.22. The van der Waals surface area contributed by atoms with Gasteiger partial charge in [-0.05, 0) is 49.4 Å². The van der Waals surface area contributed by atoms with Crippen LogP contribution in [0.5, 0.6) is 11.5 Å². The SMILES string of the molecule is CC(C(O)c1ccccc1)N(C)Cc1cccc(OCCOc2ccccc2)c1. The Bertz CT molecular complexity index is 854. The highest BCUT2D eigenvalue weighted by molar-refractivity contribution is 5.29. The second-order valence-electron chi connectivity index (χ2n) is 7.17. The van der Waals surface area contributed by atoms with Crippen LogP contribution in [0.3, 0.4) is 0 Å². The van der Waals surface area contributed by atoms with E-state index >= 15 is 0 Å². The maximum Gasteiger partial charge on any atom is 0.122 e. The summed E-state index contributed by atoms with van der Waals surface area (Å²) in [6, 6.07) is 27.6. The van der Waals surface area contributed by atoms with Crippen molar-refractivity contribution >= 4 is 0 Å². The average Bonchev–Trinajstić information content (AvgIpc) is 2.77. The number of rotatable bonds is 10. The fraction of sp³-hybridized carbons (Fsp3) is 0.280. The molecule has 1 N–H and O–H groups in total. The number of ether oxygens (including phenoxy) is 2. The third-order valence-corrected chi connectivity index (χ3v) is 4.99. The molecule has 0 bridgehead atoms. The summed E-state index contributed by atoms with van der Waals surface area (Å²) >= 11 is 0. The van der Waals surface area contributed by atoms with Gasteiger partial charge >= 0.3 is 0 Å². The van der Waals surface area contributed by atoms with Crippen molar-refractivity contribution in [1.29, 1.82) is 0 Å². The summed E-state index contributed by atoms with van der Waals surface area (Å²) in [7, 11) is 2.03. The molecule has 0 fully saturated rings. The molecular weight excluding hydrogens is 362 g/mol. The molecule has 0 amide bonds. The lowest BCUT2D eigenvalue weighted by atomic mass is 10.0. The minimum absolute atomic E-state index is 0.0127. The van der Waals surface area contributed by atoms with Crippen molar-refractivity contribution in [2.24, 2.45) is 0 Å². The summed E-state index contributed by atoms with van der Waals surface area (Å²) in [4.78, 5) is 2.15. The predicted octanol–water partition coefficient (Wildman–Crippen LogP) is 4.70. The van der Waals surface area contributed by atoms with Crippen molar-refractivity contribution in [2.45, 2.75) is 25.6 Å². The summed E-state index contributed by atoms with van der Waals surface area (Å²) in [6.07, 6.45) is -0.532. The zero-order valence-electron chi connectivity index (χ0n) is 17.1. The number of para-hydroxylation sites is 1. The molecule has 2 atom stereocenters. The molecule has 0 heterocycles. The zero-order valence-corrected chi connectivity index (χ0v) is 17.1. The summed E-state index contributed by atoms with van der Waals surface area (Å²) < 4.78 is 11.5. The topological polar surface area (TPSA) is 41.9 Å². The number of aliphatic hydroxyl groups excluding tert-OH is 1. The lowest BCUT2D eigenvalue weighted by Crippen LogP contribution is -2.33. The van der Waals surface area contributed by atoms with Gasteiger partial charge < -0.3 is 14.6 Å². The fourth-order valence-electron chi connectivity index (χ4n) is 3.17. The Morgan fingerprint density at radius 3 is 2.07 bits per heavy atom. The maximum atomic E-state index is 10.6. The van der Waals surface area contributed by atoms with Crippen LogP contribution in [0, 0.1) is 0 Å². The minimum Gasteiger partial charge on any atom is -0.490 e. The van der Waals surface area contributed by atoms with E-state index in [0.717, 1.165) is 29.2 Å². The predicted molar refractivity (Wildman–Crippen MR) is 116 cm³/mol. The van der Waals surface area contributed by atoms with Crippen LogP contribution in [-0.2, 0) is 6.54 Å². The molecule has 0 spiro atoms. The molecule has 4 heteroatoms. The largest absolute Gasteiger partial charge is 0.490 e. The Labute approximate surface area is 173 Å². The molecule has 0 aromatic heterocycles. The molecular formula is C25H29NO3. The van der Waals surface area contributed by atoms with E-state index in [4.69, 9.17) is 9.47 Å². The van der Waals surface area contributed by atoms with Gasteiger partial charge in [0.2, 0.25) is 0 Å². The van der Waals surface area contributed by atoms with Crippen molar-refractivity contribution in [3.63, 3.8) is 0 Å². The average molecular weight is 392 g/mol. The van der Waals surface area contributed by atoms with Crippen molar-refractivity contribution < 1.29 is 14.6 Å². The number of aliphatic hydroxyl groups is 1. The Hall–Kier alpha value is -2.82. The first-order valence-electron chi connectivity index (χ1n) is 9.96. The monoisotopic (exact) mass is 391 g/mol. The maximum absolute atomic E-state index is 10.6. The van der Waals surface area contributed by atoms with E-state index in [9.17, 15) is 5.11 Å². The van der Waals surface area contributed by atoms with E-state index in [-0.39, 0.29) is 6.04 Å². The van der Waals surface area contributed by atoms with E-state index in [1.165, 1.54) is 0 Å². The molecule has 0 aliphatic rings. The lowest BCUT2D eigenvalue weighted by molar-refractivity contribution is 0.0688. The molecule has 29 heavy (non-hydrogen) atoms. The third kappa shape index (κ3) is 6.34. The molecule has 0 radical (unpaired) electrons. The Morgan fingerprint density at radius 1 is 0.793 bits per heavy atom. The van der Waals surface area contributed by atoms with Crippen LogP contribution < -0.4 is 9.47 Å². The summed E-state index contributed by atoms with van der Waals surface area (Å²) in [6.45, 7) is 3.74. The highest BCUT2D eigenvalue weighted by Gasteiger charge is 2.20. The Kier molecular flexibility index (Phi) is 7.68. The number of benzene rings is 3. The molecule has 0 saturated heterocycles. The van der Waals surface area contributed by atoms with Gasteiger partial charge in [0.1, 0.15) is 24.7 Å². The van der Waals surface area contributed by atoms with Gasteiger partial charge in [0.15, 0.2) is 0 Å².